The molecular weight excluding hydrogens is 442 g/mol. The smallest absolute Gasteiger partial charge is 0.163 e. The second-order valence-electron chi connectivity index (χ2n) is 9.09. The fraction of sp³-hybridized carbons (Fsp3) is 0.182. The van der Waals surface area contributed by atoms with Gasteiger partial charge in [-0.05, 0) is 35.2 Å². The molecule has 0 saturated heterocycles. The zero-order chi connectivity index (χ0) is 24.9. The fourth-order valence-electron chi connectivity index (χ4n) is 5.02. The number of aromatic nitrogens is 1. The summed E-state index contributed by atoms with van der Waals surface area (Å²) < 4.78 is 8.43. The van der Waals surface area contributed by atoms with Gasteiger partial charge in [-0.2, -0.15) is 0 Å². The van der Waals surface area contributed by atoms with Crippen molar-refractivity contribution in [1.29, 1.82) is 0 Å². The summed E-state index contributed by atoms with van der Waals surface area (Å²) in [4.78, 5) is 13.1. The lowest BCUT2D eigenvalue weighted by Crippen LogP contribution is -2.05. The van der Waals surface area contributed by atoms with E-state index in [4.69, 9.17) is 4.74 Å². The highest BCUT2D eigenvalue weighted by atomic mass is 16.5. The van der Waals surface area contributed by atoms with E-state index in [9.17, 15) is 4.79 Å². The number of rotatable bonds is 9. The molecule has 5 rings (SSSR count). The van der Waals surface area contributed by atoms with Crippen molar-refractivity contribution in [3.63, 3.8) is 0 Å². The molecule has 0 aliphatic carbocycles. The summed E-state index contributed by atoms with van der Waals surface area (Å²) in [5, 5.41) is 0. The van der Waals surface area contributed by atoms with Crippen LogP contribution in [0.1, 0.15) is 53.8 Å². The molecule has 0 radical (unpaired) electrons. The number of benzene rings is 3. The third-order valence-electron chi connectivity index (χ3n) is 6.77. The van der Waals surface area contributed by atoms with Crippen LogP contribution in [0.3, 0.4) is 0 Å². The SMILES string of the molecule is CCCCC(=O)c1ccn2c(-c3ccccc3)c(-c3ccccc3)c(C(OC)c3ccccc3)c2c1. The van der Waals surface area contributed by atoms with Gasteiger partial charge < -0.3 is 9.14 Å². The second-order valence-corrected chi connectivity index (χ2v) is 9.09. The van der Waals surface area contributed by atoms with E-state index in [1.807, 2.05) is 42.6 Å². The Hall–Kier alpha value is -3.95. The lowest BCUT2D eigenvalue weighted by molar-refractivity contribution is 0.0979. The number of ether oxygens (including phenoxy) is 1. The van der Waals surface area contributed by atoms with Crippen molar-refractivity contribution in [1.82, 2.24) is 4.40 Å². The van der Waals surface area contributed by atoms with Crippen LogP contribution < -0.4 is 0 Å². The Labute approximate surface area is 213 Å². The lowest BCUT2D eigenvalue weighted by atomic mass is 9.91. The average molecular weight is 474 g/mol. The van der Waals surface area contributed by atoms with Crippen molar-refractivity contribution in [2.24, 2.45) is 0 Å². The number of unbranched alkanes of at least 4 members (excludes halogenated alkanes) is 1. The Morgan fingerprint density at radius 3 is 2.06 bits per heavy atom. The minimum Gasteiger partial charge on any atom is -0.372 e. The molecule has 180 valence electrons. The molecule has 2 aromatic heterocycles. The molecule has 0 fully saturated rings. The van der Waals surface area contributed by atoms with Crippen LogP contribution in [0.4, 0.5) is 0 Å². The molecule has 1 atom stereocenters. The summed E-state index contributed by atoms with van der Waals surface area (Å²) in [5.41, 5.74) is 8.33. The van der Waals surface area contributed by atoms with Gasteiger partial charge in [0.1, 0.15) is 6.10 Å². The van der Waals surface area contributed by atoms with Gasteiger partial charge in [-0.3, -0.25) is 4.79 Å². The molecular formula is C33H31NO2. The summed E-state index contributed by atoms with van der Waals surface area (Å²) in [7, 11) is 1.76. The maximum atomic E-state index is 13.1. The second kappa shape index (κ2) is 10.8. The molecule has 2 heterocycles. The highest BCUT2D eigenvalue weighted by Crippen LogP contribution is 2.45. The Morgan fingerprint density at radius 1 is 0.833 bits per heavy atom. The lowest BCUT2D eigenvalue weighted by Gasteiger charge is -2.18. The van der Waals surface area contributed by atoms with Crippen LogP contribution in [0, 0.1) is 0 Å². The molecule has 0 aliphatic heterocycles. The molecule has 0 saturated carbocycles. The van der Waals surface area contributed by atoms with Crippen molar-refractivity contribution >= 4 is 11.3 Å². The van der Waals surface area contributed by atoms with Crippen LogP contribution in [0.2, 0.25) is 0 Å². The molecule has 0 spiro atoms. The number of carbonyl (C=O) groups is 1. The standard InChI is InChI=1S/C33H31NO2/c1-3-4-20-29(35)27-21-22-34-28(23-27)31(33(36-2)26-18-12-7-13-19-26)30(24-14-8-5-9-15-24)32(34)25-16-10-6-11-17-25/h5-19,21-23,33H,3-4,20H2,1-2H3. The molecule has 1 unspecified atom stereocenters. The van der Waals surface area contributed by atoms with Crippen LogP contribution in [-0.2, 0) is 4.74 Å². The number of hydrogen-bond acceptors (Lipinski definition) is 2. The predicted molar refractivity (Wildman–Crippen MR) is 147 cm³/mol. The largest absolute Gasteiger partial charge is 0.372 e. The van der Waals surface area contributed by atoms with E-state index < -0.39 is 0 Å². The first kappa shape index (κ1) is 23.8. The van der Waals surface area contributed by atoms with E-state index >= 15 is 0 Å². The van der Waals surface area contributed by atoms with Crippen molar-refractivity contribution in [3.05, 3.63) is 126 Å². The Balaban J connectivity index is 1.87. The van der Waals surface area contributed by atoms with Gasteiger partial charge in [0, 0.05) is 36.4 Å². The highest BCUT2D eigenvalue weighted by molar-refractivity contribution is 5.99. The third kappa shape index (κ3) is 4.50. The van der Waals surface area contributed by atoms with Crippen molar-refractivity contribution in [2.45, 2.75) is 32.3 Å². The number of hydrogen-bond donors (Lipinski definition) is 0. The molecule has 0 N–H and O–H groups in total. The van der Waals surface area contributed by atoms with E-state index in [2.05, 4.69) is 78.1 Å². The first-order valence-corrected chi connectivity index (χ1v) is 12.6. The number of nitrogens with zero attached hydrogens (tertiary/aromatic N) is 1. The summed E-state index contributed by atoms with van der Waals surface area (Å²) in [6, 6.07) is 35.2. The van der Waals surface area contributed by atoms with E-state index in [1.165, 1.54) is 0 Å². The van der Waals surface area contributed by atoms with Gasteiger partial charge in [0.05, 0.1) is 11.2 Å². The van der Waals surface area contributed by atoms with Crippen molar-refractivity contribution < 1.29 is 9.53 Å². The Morgan fingerprint density at radius 2 is 1.44 bits per heavy atom. The van der Waals surface area contributed by atoms with Gasteiger partial charge in [0.25, 0.3) is 0 Å². The highest BCUT2D eigenvalue weighted by Gasteiger charge is 2.28. The fourth-order valence-corrected chi connectivity index (χ4v) is 5.02. The first-order valence-electron chi connectivity index (χ1n) is 12.6. The van der Waals surface area contributed by atoms with Crippen LogP contribution in [-0.4, -0.2) is 17.3 Å². The number of fused-ring (bicyclic) bond motifs is 1. The van der Waals surface area contributed by atoms with E-state index in [-0.39, 0.29) is 11.9 Å². The molecule has 0 amide bonds. The van der Waals surface area contributed by atoms with E-state index in [0.29, 0.717) is 6.42 Å². The summed E-state index contributed by atoms with van der Waals surface area (Å²) in [6.45, 7) is 2.11. The zero-order valence-corrected chi connectivity index (χ0v) is 20.9. The summed E-state index contributed by atoms with van der Waals surface area (Å²) >= 11 is 0. The van der Waals surface area contributed by atoms with Gasteiger partial charge in [-0.25, -0.2) is 0 Å². The number of methoxy groups -OCH3 is 1. The summed E-state index contributed by atoms with van der Waals surface area (Å²) in [5.74, 6) is 0.183. The van der Waals surface area contributed by atoms with E-state index in [0.717, 1.165) is 57.4 Å². The molecule has 5 aromatic rings. The normalized spacial score (nSPS) is 12.1. The van der Waals surface area contributed by atoms with Crippen LogP contribution >= 0.6 is 0 Å². The number of carbonyl (C=O) groups excluding carboxylic acids is 1. The van der Waals surface area contributed by atoms with Crippen LogP contribution in [0.5, 0.6) is 0 Å². The molecule has 36 heavy (non-hydrogen) atoms. The molecule has 0 bridgehead atoms. The van der Waals surface area contributed by atoms with Crippen LogP contribution in [0.25, 0.3) is 27.9 Å². The topological polar surface area (TPSA) is 30.7 Å². The maximum Gasteiger partial charge on any atom is 0.163 e. The predicted octanol–water partition coefficient (Wildman–Crippen LogP) is 8.38. The number of Topliss-reactive ketones (excluding diaryl/α,β-unsaturated/α-hetero) is 1. The molecule has 3 aromatic carbocycles. The quantitative estimate of drug-likeness (QED) is 0.201. The van der Waals surface area contributed by atoms with Gasteiger partial charge >= 0.3 is 0 Å². The van der Waals surface area contributed by atoms with Gasteiger partial charge in [0.15, 0.2) is 5.78 Å². The molecule has 3 nitrogen and oxygen atoms in total. The van der Waals surface area contributed by atoms with Gasteiger partial charge in [-0.1, -0.05) is 104 Å². The van der Waals surface area contributed by atoms with Crippen LogP contribution in [0.15, 0.2) is 109 Å². The number of pyridine rings is 1. The Bertz CT molecular complexity index is 1450. The van der Waals surface area contributed by atoms with Gasteiger partial charge in [-0.15, -0.1) is 0 Å². The monoisotopic (exact) mass is 473 g/mol. The number of ketones is 1. The summed E-state index contributed by atoms with van der Waals surface area (Å²) in [6.07, 6.45) is 4.21. The minimum absolute atomic E-state index is 0.183. The van der Waals surface area contributed by atoms with Crippen molar-refractivity contribution in [2.75, 3.05) is 7.11 Å². The molecule has 3 heteroatoms. The van der Waals surface area contributed by atoms with Gasteiger partial charge in [0.2, 0.25) is 0 Å². The third-order valence-corrected chi connectivity index (χ3v) is 6.77. The van der Waals surface area contributed by atoms with Crippen molar-refractivity contribution in [3.8, 4) is 22.4 Å². The van der Waals surface area contributed by atoms with E-state index in [1.54, 1.807) is 7.11 Å². The first-order chi connectivity index (χ1) is 17.7. The Kier molecular flexibility index (Phi) is 7.11. The average Bonchev–Trinajstić information content (AvgIpc) is 3.28. The zero-order valence-electron chi connectivity index (χ0n) is 20.9. The maximum absolute atomic E-state index is 13.1. The minimum atomic E-state index is -0.296. The molecule has 0 aliphatic rings.